The molecule has 1 unspecified atom stereocenters. The van der Waals surface area contributed by atoms with Gasteiger partial charge in [-0.3, -0.25) is 4.79 Å². The standard InChI is InChI=1S/C23H22ClN5O2S2/c1-14-8-10-16(11-9-14)18-12-32-22(25-18)26-20(30)13-33-23-28-27-21(29(23)3)15(2)31-19-7-5-4-6-17(19)24/h4-12,15H,13H2,1-3H3,(H,25,26,30). The second kappa shape index (κ2) is 10.4. The Balaban J connectivity index is 1.33. The summed E-state index contributed by atoms with van der Waals surface area (Å²) in [6, 6.07) is 15.4. The van der Waals surface area contributed by atoms with E-state index in [-0.39, 0.29) is 17.8 Å². The predicted molar refractivity (Wildman–Crippen MR) is 133 cm³/mol. The van der Waals surface area contributed by atoms with Crippen LogP contribution in [0.1, 0.15) is 24.4 Å². The van der Waals surface area contributed by atoms with Gasteiger partial charge in [0.25, 0.3) is 0 Å². The number of nitrogens with zero attached hydrogens (tertiary/aromatic N) is 4. The maximum absolute atomic E-state index is 12.4. The number of hydrogen-bond donors (Lipinski definition) is 1. The topological polar surface area (TPSA) is 81.9 Å². The van der Waals surface area contributed by atoms with E-state index in [0.717, 1.165) is 11.3 Å². The summed E-state index contributed by atoms with van der Waals surface area (Å²) in [7, 11) is 1.84. The number of aromatic nitrogens is 4. The van der Waals surface area contributed by atoms with Gasteiger partial charge in [-0.25, -0.2) is 4.98 Å². The van der Waals surface area contributed by atoms with Crippen LogP contribution in [-0.2, 0) is 11.8 Å². The minimum Gasteiger partial charge on any atom is -0.481 e. The molecule has 1 atom stereocenters. The first-order valence-electron chi connectivity index (χ1n) is 10.2. The lowest BCUT2D eigenvalue weighted by molar-refractivity contribution is -0.113. The molecule has 4 rings (SSSR count). The molecule has 0 fully saturated rings. The van der Waals surface area contributed by atoms with E-state index in [1.54, 1.807) is 12.1 Å². The average Bonchev–Trinajstić information content (AvgIpc) is 3.41. The minimum absolute atomic E-state index is 0.158. The fourth-order valence-electron chi connectivity index (χ4n) is 3.06. The number of hydrogen-bond acceptors (Lipinski definition) is 7. The molecule has 7 nitrogen and oxygen atoms in total. The quantitative estimate of drug-likeness (QED) is 0.310. The van der Waals surface area contributed by atoms with Crippen LogP contribution in [0.25, 0.3) is 11.3 Å². The van der Waals surface area contributed by atoms with E-state index >= 15 is 0 Å². The molecule has 0 aliphatic carbocycles. The summed E-state index contributed by atoms with van der Waals surface area (Å²) in [5.74, 6) is 1.25. The number of thioether (sulfide) groups is 1. The van der Waals surface area contributed by atoms with Gasteiger partial charge in [0.05, 0.1) is 16.5 Å². The van der Waals surface area contributed by atoms with Crippen LogP contribution in [0.5, 0.6) is 5.75 Å². The number of ether oxygens (including phenoxy) is 1. The summed E-state index contributed by atoms with van der Waals surface area (Å²) in [5.41, 5.74) is 3.05. The molecule has 0 spiro atoms. The Bertz CT molecular complexity index is 1260. The van der Waals surface area contributed by atoms with E-state index in [1.165, 1.54) is 28.7 Å². The Hall–Kier alpha value is -2.88. The Morgan fingerprint density at radius 3 is 2.73 bits per heavy atom. The third kappa shape index (κ3) is 5.73. The number of aryl methyl sites for hydroxylation is 1. The summed E-state index contributed by atoms with van der Waals surface area (Å²) in [6.45, 7) is 3.92. The van der Waals surface area contributed by atoms with Gasteiger partial charge in [0.1, 0.15) is 5.75 Å². The summed E-state index contributed by atoms with van der Waals surface area (Å²) in [5, 5.41) is 14.9. The van der Waals surface area contributed by atoms with Crippen molar-refractivity contribution in [1.29, 1.82) is 0 Å². The molecule has 10 heteroatoms. The summed E-state index contributed by atoms with van der Waals surface area (Å²) in [4.78, 5) is 17.0. The van der Waals surface area contributed by atoms with Gasteiger partial charge < -0.3 is 14.6 Å². The van der Waals surface area contributed by atoms with Crippen molar-refractivity contribution >= 4 is 45.7 Å². The maximum atomic E-state index is 12.4. The van der Waals surface area contributed by atoms with Crippen LogP contribution < -0.4 is 10.1 Å². The lowest BCUT2D eigenvalue weighted by Crippen LogP contribution is -2.14. The molecule has 0 radical (unpaired) electrons. The highest BCUT2D eigenvalue weighted by Crippen LogP contribution is 2.29. The molecule has 2 aromatic heterocycles. The van der Waals surface area contributed by atoms with Crippen molar-refractivity contribution in [1.82, 2.24) is 19.7 Å². The number of anilines is 1. The van der Waals surface area contributed by atoms with Gasteiger partial charge in [0, 0.05) is 18.0 Å². The first-order valence-corrected chi connectivity index (χ1v) is 12.4. The van der Waals surface area contributed by atoms with E-state index in [0.29, 0.717) is 26.9 Å². The van der Waals surface area contributed by atoms with Crippen molar-refractivity contribution in [3.63, 3.8) is 0 Å². The Morgan fingerprint density at radius 2 is 1.97 bits per heavy atom. The number of carbonyl (C=O) groups is 1. The lowest BCUT2D eigenvalue weighted by atomic mass is 10.1. The summed E-state index contributed by atoms with van der Waals surface area (Å²) >= 11 is 8.87. The molecule has 1 amide bonds. The van der Waals surface area contributed by atoms with Gasteiger partial charge in [0.2, 0.25) is 5.91 Å². The Kier molecular flexibility index (Phi) is 7.32. The number of para-hydroxylation sites is 1. The zero-order valence-corrected chi connectivity index (χ0v) is 20.7. The highest BCUT2D eigenvalue weighted by molar-refractivity contribution is 7.99. The van der Waals surface area contributed by atoms with Gasteiger partial charge in [0.15, 0.2) is 22.2 Å². The third-order valence-electron chi connectivity index (χ3n) is 4.80. The highest BCUT2D eigenvalue weighted by Gasteiger charge is 2.19. The number of amides is 1. The van der Waals surface area contributed by atoms with Crippen LogP contribution in [-0.4, -0.2) is 31.4 Å². The van der Waals surface area contributed by atoms with Gasteiger partial charge in [-0.2, -0.15) is 0 Å². The normalized spacial score (nSPS) is 11.9. The molecule has 4 aromatic rings. The van der Waals surface area contributed by atoms with Crippen molar-refractivity contribution < 1.29 is 9.53 Å². The molecule has 0 saturated heterocycles. The van der Waals surface area contributed by atoms with Gasteiger partial charge in [-0.15, -0.1) is 21.5 Å². The van der Waals surface area contributed by atoms with Crippen LogP contribution in [0, 0.1) is 6.92 Å². The van der Waals surface area contributed by atoms with Crippen molar-refractivity contribution in [3.8, 4) is 17.0 Å². The smallest absolute Gasteiger partial charge is 0.236 e. The molecular weight excluding hydrogens is 478 g/mol. The van der Waals surface area contributed by atoms with E-state index in [1.807, 2.05) is 67.2 Å². The maximum Gasteiger partial charge on any atom is 0.236 e. The van der Waals surface area contributed by atoms with E-state index in [2.05, 4.69) is 20.5 Å². The monoisotopic (exact) mass is 499 g/mol. The number of halogens is 1. The van der Waals surface area contributed by atoms with Gasteiger partial charge >= 0.3 is 0 Å². The summed E-state index contributed by atoms with van der Waals surface area (Å²) in [6.07, 6.45) is -0.360. The second-order valence-electron chi connectivity index (χ2n) is 7.33. The molecular formula is C23H22ClN5O2S2. The molecule has 2 heterocycles. The number of benzene rings is 2. The first kappa shape index (κ1) is 23.3. The van der Waals surface area contributed by atoms with E-state index in [4.69, 9.17) is 16.3 Å². The van der Waals surface area contributed by atoms with Crippen LogP contribution in [0.2, 0.25) is 5.02 Å². The zero-order chi connectivity index (χ0) is 23.4. The third-order valence-corrected chi connectivity index (χ3v) is 6.89. The Morgan fingerprint density at radius 1 is 1.21 bits per heavy atom. The minimum atomic E-state index is -0.360. The first-order chi connectivity index (χ1) is 15.9. The number of rotatable bonds is 8. The molecule has 170 valence electrons. The van der Waals surface area contributed by atoms with Crippen molar-refractivity contribution in [3.05, 3.63) is 70.3 Å². The number of nitrogens with one attached hydrogen (secondary N) is 1. The van der Waals surface area contributed by atoms with Crippen LogP contribution in [0.15, 0.2) is 59.1 Å². The number of thiazole rings is 1. The fourth-order valence-corrected chi connectivity index (χ4v) is 4.70. The molecule has 33 heavy (non-hydrogen) atoms. The molecule has 2 aromatic carbocycles. The summed E-state index contributed by atoms with van der Waals surface area (Å²) < 4.78 is 7.74. The van der Waals surface area contributed by atoms with Crippen molar-refractivity contribution in [2.24, 2.45) is 7.05 Å². The van der Waals surface area contributed by atoms with Gasteiger partial charge in [-0.05, 0) is 26.0 Å². The van der Waals surface area contributed by atoms with E-state index < -0.39 is 0 Å². The van der Waals surface area contributed by atoms with Gasteiger partial charge in [-0.1, -0.05) is 65.3 Å². The molecule has 0 bridgehead atoms. The number of carbonyl (C=O) groups excluding carboxylic acids is 1. The Labute approximate surface area is 205 Å². The second-order valence-corrected chi connectivity index (χ2v) is 9.54. The lowest BCUT2D eigenvalue weighted by Gasteiger charge is -2.15. The van der Waals surface area contributed by atoms with Crippen LogP contribution in [0.4, 0.5) is 5.13 Å². The average molecular weight is 500 g/mol. The van der Waals surface area contributed by atoms with Crippen LogP contribution >= 0.6 is 34.7 Å². The molecule has 0 saturated carbocycles. The van der Waals surface area contributed by atoms with Crippen LogP contribution in [0.3, 0.4) is 0 Å². The highest BCUT2D eigenvalue weighted by atomic mass is 35.5. The predicted octanol–water partition coefficient (Wildman–Crippen LogP) is 5.77. The largest absolute Gasteiger partial charge is 0.481 e. The molecule has 0 aliphatic heterocycles. The molecule has 1 N–H and O–H groups in total. The zero-order valence-electron chi connectivity index (χ0n) is 18.3. The van der Waals surface area contributed by atoms with Crippen molar-refractivity contribution in [2.75, 3.05) is 11.1 Å². The molecule has 0 aliphatic rings. The fraction of sp³-hybridized carbons (Fsp3) is 0.217. The van der Waals surface area contributed by atoms with Crippen molar-refractivity contribution in [2.45, 2.75) is 25.1 Å². The SMILES string of the molecule is Cc1ccc(-c2csc(NC(=O)CSc3nnc(C(C)Oc4ccccc4Cl)n3C)n2)cc1. The van der Waals surface area contributed by atoms with E-state index in [9.17, 15) is 4.79 Å².